The molecule has 1 aromatic carbocycles. The standard InChI is InChI=1S/C11H12ClN3O2/c1-15-9-6-7(10(17)13-4-5-16)2-3-8(9)14-11(15)12/h2-3,6,16H,4-5H2,1H3,(H,13,17). The van der Waals surface area contributed by atoms with Gasteiger partial charge < -0.3 is 15.0 Å². The van der Waals surface area contributed by atoms with Crippen LogP contribution in [0.4, 0.5) is 0 Å². The van der Waals surface area contributed by atoms with Gasteiger partial charge in [0.05, 0.1) is 17.6 Å². The molecule has 2 N–H and O–H groups in total. The minimum absolute atomic E-state index is 0.0779. The van der Waals surface area contributed by atoms with Gasteiger partial charge in [-0.25, -0.2) is 4.98 Å². The number of carbonyl (C=O) groups is 1. The van der Waals surface area contributed by atoms with E-state index in [-0.39, 0.29) is 19.1 Å². The molecule has 0 spiro atoms. The van der Waals surface area contributed by atoms with E-state index in [1.54, 1.807) is 29.8 Å². The topological polar surface area (TPSA) is 67.2 Å². The minimum atomic E-state index is -0.224. The molecule has 0 unspecified atom stereocenters. The molecule has 2 rings (SSSR count). The smallest absolute Gasteiger partial charge is 0.251 e. The maximum atomic E-state index is 11.7. The predicted octanol–water partition coefficient (Wildman–Crippen LogP) is 0.949. The zero-order valence-corrected chi connectivity index (χ0v) is 10.0. The van der Waals surface area contributed by atoms with Crippen molar-refractivity contribution in [1.29, 1.82) is 0 Å². The molecule has 0 aliphatic rings. The molecule has 1 aromatic heterocycles. The molecule has 0 aliphatic carbocycles. The van der Waals surface area contributed by atoms with Gasteiger partial charge in [-0.15, -0.1) is 0 Å². The number of nitrogens with zero attached hydrogens (tertiary/aromatic N) is 2. The first kappa shape index (κ1) is 11.9. The van der Waals surface area contributed by atoms with E-state index in [4.69, 9.17) is 16.7 Å². The summed E-state index contributed by atoms with van der Waals surface area (Å²) in [4.78, 5) is 15.8. The van der Waals surface area contributed by atoms with Gasteiger partial charge >= 0.3 is 0 Å². The molecule has 0 aliphatic heterocycles. The first-order valence-corrected chi connectivity index (χ1v) is 5.52. The third-order valence-electron chi connectivity index (χ3n) is 2.49. The van der Waals surface area contributed by atoms with E-state index in [9.17, 15) is 4.79 Å². The van der Waals surface area contributed by atoms with Crippen LogP contribution in [0.1, 0.15) is 10.4 Å². The van der Waals surface area contributed by atoms with Crippen LogP contribution < -0.4 is 5.32 Å². The normalized spacial score (nSPS) is 10.8. The van der Waals surface area contributed by atoms with Gasteiger partial charge in [0.2, 0.25) is 5.28 Å². The third kappa shape index (κ3) is 2.25. The molecule has 0 fully saturated rings. The second kappa shape index (κ2) is 4.73. The minimum Gasteiger partial charge on any atom is -0.395 e. The number of imidazole rings is 1. The number of halogens is 1. The lowest BCUT2D eigenvalue weighted by molar-refractivity contribution is 0.0945. The molecule has 0 bridgehead atoms. The van der Waals surface area contributed by atoms with E-state index >= 15 is 0 Å². The summed E-state index contributed by atoms with van der Waals surface area (Å²) in [5, 5.41) is 11.6. The summed E-state index contributed by atoms with van der Waals surface area (Å²) in [5.41, 5.74) is 2.06. The van der Waals surface area contributed by atoms with Crippen LogP contribution >= 0.6 is 11.6 Å². The zero-order valence-electron chi connectivity index (χ0n) is 9.27. The lowest BCUT2D eigenvalue weighted by Gasteiger charge is -2.03. The highest BCUT2D eigenvalue weighted by Gasteiger charge is 2.10. The summed E-state index contributed by atoms with van der Waals surface area (Å²) in [6.45, 7) is 0.161. The van der Waals surface area contributed by atoms with Crippen LogP contribution in [0.15, 0.2) is 18.2 Å². The molecule has 0 saturated heterocycles. The largest absolute Gasteiger partial charge is 0.395 e. The van der Waals surface area contributed by atoms with Crippen molar-refractivity contribution >= 4 is 28.5 Å². The summed E-state index contributed by atoms with van der Waals surface area (Å²) < 4.78 is 1.71. The SMILES string of the molecule is Cn1c(Cl)nc2ccc(C(=O)NCCO)cc21. The Labute approximate surface area is 103 Å². The van der Waals surface area contributed by atoms with E-state index in [2.05, 4.69) is 10.3 Å². The Morgan fingerprint density at radius 1 is 1.59 bits per heavy atom. The number of nitrogens with one attached hydrogen (secondary N) is 1. The molecule has 1 heterocycles. The summed E-state index contributed by atoms with van der Waals surface area (Å²) in [6, 6.07) is 5.15. The van der Waals surface area contributed by atoms with Crippen LogP contribution in [0.5, 0.6) is 0 Å². The van der Waals surface area contributed by atoms with E-state index in [0.29, 0.717) is 10.8 Å². The average Bonchev–Trinajstić information content (AvgIpc) is 2.62. The predicted molar refractivity (Wildman–Crippen MR) is 65.1 cm³/mol. The number of aliphatic hydroxyl groups is 1. The van der Waals surface area contributed by atoms with Crippen LogP contribution in [0.3, 0.4) is 0 Å². The Bertz CT molecular complexity index is 565. The first-order chi connectivity index (χ1) is 8.13. The summed E-state index contributed by atoms with van der Waals surface area (Å²) >= 11 is 5.89. The van der Waals surface area contributed by atoms with Gasteiger partial charge in [-0.2, -0.15) is 0 Å². The van der Waals surface area contributed by atoms with Crippen molar-refractivity contribution < 1.29 is 9.90 Å². The van der Waals surface area contributed by atoms with Crippen LogP contribution in [-0.2, 0) is 7.05 Å². The number of hydrogen-bond donors (Lipinski definition) is 2. The van der Waals surface area contributed by atoms with Gasteiger partial charge in [-0.05, 0) is 29.8 Å². The highest BCUT2D eigenvalue weighted by molar-refractivity contribution is 6.29. The number of aliphatic hydroxyl groups excluding tert-OH is 1. The van der Waals surface area contributed by atoms with Gasteiger partial charge in [0.25, 0.3) is 5.91 Å². The Morgan fingerprint density at radius 2 is 2.35 bits per heavy atom. The maximum Gasteiger partial charge on any atom is 0.251 e. The first-order valence-electron chi connectivity index (χ1n) is 5.14. The Morgan fingerprint density at radius 3 is 3.06 bits per heavy atom. The molecular weight excluding hydrogens is 242 g/mol. The van der Waals surface area contributed by atoms with Gasteiger partial charge in [0.15, 0.2) is 0 Å². The molecule has 5 nitrogen and oxygen atoms in total. The van der Waals surface area contributed by atoms with Gasteiger partial charge in [0, 0.05) is 19.2 Å². The fourth-order valence-electron chi connectivity index (χ4n) is 1.57. The fourth-order valence-corrected chi connectivity index (χ4v) is 1.76. The van der Waals surface area contributed by atoms with E-state index < -0.39 is 0 Å². The Hall–Kier alpha value is -1.59. The van der Waals surface area contributed by atoms with Crippen molar-refractivity contribution in [2.75, 3.05) is 13.2 Å². The van der Waals surface area contributed by atoms with E-state index in [0.717, 1.165) is 11.0 Å². The van der Waals surface area contributed by atoms with Crippen molar-refractivity contribution in [3.63, 3.8) is 0 Å². The summed E-state index contributed by atoms with van der Waals surface area (Å²) in [7, 11) is 1.78. The van der Waals surface area contributed by atoms with Crippen LogP contribution in [0.25, 0.3) is 11.0 Å². The lowest BCUT2D eigenvalue weighted by Crippen LogP contribution is -2.26. The molecule has 1 amide bonds. The Kier molecular flexibility index (Phi) is 3.31. The zero-order chi connectivity index (χ0) is 12.4. The van der Waals surface area contributed by atoms with Crippen molar-refractivity contribution in [2.45, 2.75) is 0 Å². The molecule has 2 aromatic rings. The number of hydrogen-bond acceptors (Lipinski definition) is 3. The number of fused-ring (bicyclic) bond motifs is 1. The van der Waals surface area contributed by atoms with Crippen molar-refractivity contribution in [3.8, 4) is 0 Å². The van der Waals surface area contributed by atoms with E-state index in [1.165, 1.54) is 0 Å². The number of carbonyl (C=O) groups excluding carboxylic acids is 1. The van der Waals surface area contributed by atoms with Crippen molar-refractivity contribution in [3.05, 3.63) is 29.0 Å². The van der Waals surface area contributed by atoms with Gasteiger partial charge in [-0.1, -0.05) is 0 Å². The molecule has 0 saturated carbocycles. The summed E-state index contributed by atoms with van der Waals surface area (Å²) in [5.74, 6) is -0.224. The molecule has 0 radical (unpaired) electrons. The average molecular weight is 254 g/mol. The maximum absolute atomic E-state index is 11.7. The number of benzene rings is 1. The van der Waals surface area contributed by atoms with Crippen LogP contribution in [-0.4, -0.2) is 33.7 Å². The lowest BCUT2D eigenvalue weighted by atomic mass is 10.2. The molecule has 0 atom stereocenters. The fraction of sp³-hybridized carbons (Fsp3) is 0.273. The van der Waals surface area contributed by atoms with Crippen molar-refractivity contribution in [1.82, 2.24) is 14.9 Å². The number of aromatic nitrogens is 2. The number of aryl methyl sites for hydroxylation is 1. The second-order valence-electron chi connectivity index (χ2n) is 3.62. The number of rotatable bonds is 3. The number of amides is 1. The molecule has 17 heavy (non-hydrogen) atoms. The van der Waals surface area contributed by atoms with Crippen molar-refractivity contribution in [2.24, 2.45) is 7.05 Å². The monoisotopic (exact) mass is 253 g/mol. The highest BCUT2D eigenvalue weighted by atomic mass is 35.5. The van der Waals surface area contributed by atoms with Crippen LogP contribution in [0, 0.1) is 0 Å². The second-order valence-corrected chi connectivity index (χ2v) is 3.96. The van der Waals surface area contributed by atoms with Gasteiger partial charge in [-0.3, -0.25) is 4.79 Å². The van der Waals surface area contributed by atoms with Gasteiger partial charge in [0.1, 0.15) is 0 Å². The quantitative estimate of drug-likeness (QED) is 0.856. The highest BCUT2D eigenvalue weighted by Crippen LogP contribution is 2.19. The molecule has 90 valence electrons. The molecular formula is C11H12ClN3O2. The Balaban J connectivity index is 2.37. The van der Waals surface area contributed by atoms with E-state index in [1.807, 2.05) is 0 Å². The van der Waals surface area contributed by atoms with Crippen LogP contribution in [0.2, 0.25) is 5.28 Å². The molecule has 6 heteroatoms. The third-order valence-corrected chi connectivity index (χ3v) is 2.82. The summed E-state index contributed by atoms with van der Waals surface area (Å²) in [6.07, 6.45) is 0.